The number of nitrogens with two attached hydrogens (primary N) is 1. The van der Waals surface area contributed by atoms with Gasteiger partial charge in [-0.2, -0.15) is 0 Å². The molecular formula is C14H20N4O3. The lowest BCUT2D eigenvalue weighted by Gasteiger charge is -2.33. The first-order chi connectivity index (χ1) is 9.99. The Kier molecular flexibility index (Phi) is 4.62. The monoisotopic (exact) mass is 292 g/mol. The fraction of sp³-hybridized carbons (Fsp3) is 0.500. The van der Waals surface area contributed by atoms with E-state index in [-0.39, 0.29) is 17.2 Å². The molecule has 0 unspecified atom stereocenters. The Balaban J connectivity index is 2.01. The zero-order chi connectivity index (χ0) is 15.4. The van der Waals surface area contributed by atoms with Crippen LogP contribution in [0, 0.1) is 5.92 Å². The first-order valence-electron chi connectivity index (χ1n) is 6.96. The maximum atomic E-state index is 11.1. The summed E-state index contributed by atoms with van der Waals surface area (Å²) >= 11 is 0. The van der Waals surface area contributed by atoms with Gasteiger partial charge < -0.3 is 21.1 Å². The maximum absolute atomic E-state index is 11.1. The van der Waals surface area contributed by atoms with Crippen molar-refractivity contribution in [3.63, 3.8) is 0 Å². The van der Waals surface area contributed by atoms with Gasteiger partial charge in [0.1, 0.15) is 0 Å². The van der Waals surface area contributed by atoms with Gasteiger partial charge in [0.15, 0.2) is 5.82 Å². The topological polar surface area (TPSA) is 109 Å². The number of piperidine rings is 1. The molecule has 1 saturated heterocycles. The van der Waals surface area contributed by atoms with Gasteiger partial charge in [-0.05, 0) is 24.8 Å². The number of anilines is 2. The van der Waals surface area contributed by atoms with Crippen LogP contribution in [0.25, 0.3) is 0 Å². The van der Waals surface area contributed by atoms with Crippen LogP contribution in [0.1, 0.15) is 30.1 Å². The fourth-order valence-corrected chi connectivity index (χ4v) is 2.54. The third-order valence-electron chi connectivity index (χ3n) is 3.75. The molecule has 0 atom stereocenters. The maximum Gasteiger partial charge on any atom is 0.337 e. The minimum absolute atomic E-state index is 0.0162. The fourth-order valence-electron chi connectivity index (χ4n) is 2.54. The lowest BCUT2D eigenvalue weighted by atomic mass is 9.96. The molecule has 114 valence electrons. The number of amides is 1. The Morgan fingerprint density at radius 1 is 1.48 bits per heavy atom. The summed E-state index contributed by atoms with van der Waals surface area (Å²) in [6.45, 7) is 3.70. The highest BCUT2D eigenvalue weighted by Gasteiger charge is 2.23. The highest BCUT2D eigenvalue weighted by molar-refractivity contribution is 5.96. The number of carboxylic acids is 1. The van der Waals surface area contributed by atoms with Gasteiger partial charge in [0.25, 0.3) is 0 Å². The van der Waals surface area contributed by atoms with Gasteiger partial charge in [0.2, 0.25) is 5.91 Å². The minimum Gasteiger partial charge on any atom is -0.478 e. The molecule has 1 fully saturated rings. The number of nitrogens with zero attached hydrogens (tertiary/aromatic N) is 2. The van der Waals surface area contributed by atoms with Crippen LogP contribution >= 0.6 is 0 Å². The van der Waals surface area contributed by atoms with E-state index in [1.165, 1.54) is 19.2 Å². The molecule has 1 aromatic rings. The number of carbonyl (C=O) groups is 2. The molecule has 1 aromatic heterocycles. The van der Waals surface area contributed by atoms with Crippen molar-refractivity contribution < 1.29 is 14.7 Å². The van der Waals surface area contributed by atoms with Gasteiger partial charge in [-0.1, -0.05) is 0 Å². The number of aromatic carboxylic acids is 1. The summed E-state index contributed by atoms with van der Waals surface area (Å²) in [7, 11) is 0. The van der Waals surface area contributed by atoms with Gasteiger partial charge in [-0.15, -0.1) is 0 Å². The number of rotatable bonds is 4. The third kappa shape index (κ3) is 3.62. The first-order valence-corrected chi connectivity index (χ1v) is 6.96. The quantitative estimate of drug-likeness (QED) is 0.754. The molecule has 1 aliphatic rings. The van der Waals surface area contributed by atoms with Gasteiger partial charge in [0, 0.05) is 32.8 Å². The summed E-state index contributed by atoms with van der Waals surface area (Å²) in [6, 6.07) is 1.41. The number of pyridine rings is 1. The van der Waals surface area contributed by atoms with Crippen LogP contribution in [0.4, 0.5) is 11.5 Å². The zero-order valence-electron chi connectivity index (χ0n) is 12.0. The second-order valence-corrected chi connectivity index (χ2v) is 5.27. The van der Waals surface area contributed by atoms with Crippen LogP contribution < -0.4 is 16.0 Å². The molecular weight excluding hydrogens is 272 g/mol. The van der Waals surface area contributed by atoms with E-state index in [9.17, 15) is 9.59 Å². The Bertz CT molecular complexity index is 539. The van der Waals surface area contributed by atoms with Crippen molar-refractivity contribution in [2.75, 3.05) is 30.3 Å². The standard InChI is InChI=1S/C14H20N4O3/c1-9(19)17-8-10-3-6-18(7-4-10)13-12(15)11(14(20)21)2-5-16-13/h2,5,10H,3-4,6-8,15H2,1H3,(H,17,19)(H,20,21). The summed E-state index contributed by atoms with van der Waals surface area (Å²) in [6.07, 6.45) is 3.30. The number of hydrogen-bond donors (Lipinski definition) is 3. The summed E-state index contributed by atoms with van der Waals surface area (Å²) in [5, 5.41) is 11.9. The molecule has 0 bridgehead atoms. The van der Waals surface area contributed by atoms with Crippen LogP contribution in [0.2, 0.25) is 0 Å². The van der Waals surface area contributed by atoms with Crippen molar-refractivity contribution in [1.29, 1.82) is 0 Å². The molecule has 0 saturated carbocycles. The van der Waals surface area contributed by atoms with Crippen LogP contribution in [0.15, 0.2) is 12.3 Å². The third-order valence-corrected chi connectivity index (χ3v) is 3.75. The van der Waals surface area contributed by atoms with E-state index in [1.807, 2.05) is 4.90 Å². The van der Waals surface area contributed by atoms with Crippen molar-refractivity contribution in [3.05, 3.63) is 17.8 Å². The highest BCUT2D eigenvalue weighted by Crippen LogP contribution is 2.28. The van der Waals surface area contributed by atoms with E-state index in [0.717, 1.165) is 25.9 Å². The summed E-state index contributed by atoms with van der Waals surface area (Å²) in [5.41, 5.74) is 6.20. The summed E-state index contributed by atoms with van der Waals surface area (Å²) in [4.78, 5) is 28.2. The second kappa shape index (κ2) is 6.43. The molecule has 0 radical (unpaired) electrons. The van der Waals surface area contributed by atoms with Gasteiger partial charge in [-0.3, -0.25) is 4.79 Å². The van der Waals surface area contributed by atoms with E-state index in [1.54, 1.807) is 0 Å². The largest absolute Gasteiger partial charge is 0.478 e. The van der Waals surface area contributed by atoms with Crippen molar-refractivity contribution in [2.45, 2.75) is 19.8 Å². The molecule has 0 aliphatic carbocycles. The van der Waals surface area contributed by atoms with Crippen LogP contribution in [-0.4, -0.2) is 41.6 Å². The predicted octanol–water partition coefficient (Wildman–Crippen LogP) is 0.714. The van der Waals surface area contributed by atoms with Crippen LogP contribution in [-0.2, 0) is 4.79 Å². The molecule has 21 heavy (non-hydrogen) atoms. The Labute approximate surface area is 123 Å². The average Bonchev–Trinajstić information content (AvgIpc) is 2.45. The number of hydrogen-bond acceptors (Lipinski definition) is 5. The van der Waals surface area contributed by atoms with Gasteiger partial charge >= 0.3 is 5.97 Å². The molecule has 7 nitrogen and oxygen atoms in total. The Hall–Kier alpha value is -2.31. The van der Waals surface area contributed by atoms with E-state index >= 15 is 0 Å². The number of carbonyl (C=O) groups excluding carboxylic acids is 1. The Morgan fingerprint density at radius 3 is 2.71 bits per heavy atom. The minimum atomic E-state index is -1.04. The SMILES string of the molecule is CC(=O)NCC1CCN(c2nccc(C(=O)O)c2N)CC1. The Morgan fingerprint density at radius 2 is 2.14 bits per heavy atom. The smallest absolute Gasteiger partial charge is 0.337 e. The van der Waals surface area contributed by atoms with E-state index in [0.29, 0.717) is 18.3 Å². The second-order valence-electron chi connectivity index (χ2n) is 5.27. The van der Waals surface area contributed by atoms with Crippen molar-refractivity contribution >= 4 is 23.4 Å². The number of aromatic nitrogens is 1. The highest BCUT2D eigenvalue weighted by atomic mass is 16.4. The molecule has 2 rings (SSSR count). The first kappa shape index (κ1) is 15.1. The normalized spacial score (nSPS) is 15.8. The summed E-state index contributed by atoms with van der Waals surface area (Å²) in [5.74, 6) is -0.0869. The van der Waals surface area contributed by atoms with E-state index in [2.05, 4.69) is 10.3 Å². The molecule has 4 N–H and O–H groups in total. The predicted molar refractivity (Wildman–Crippen MR) is 79.2 cm³/mol. The molecule has 7 heteroatoms. The number of carboxylic acid groups (broad SMARTS) is 1. The van der Waals surface area contributed by atoms with Crippen LogP contribution in [0.5, 0.6) is 0 Å². The summed E-state index contributed by atoms with van der Waals surface area (Å²) < 4.78 is 0. The van der Waals surface area contributed by atoms with Crippen molar-refractivity contribution in [2.24, 2.45) is 5.92 Å². The molecule has 1 aliphatic heterocycles. The molecule has 2 heterocycles. The van der Waals surface area contributed by atoms with E-state index < -0.39 is 5.97 Å². The van der Waals surface area contributed by atoms with Crippen molar-refractivity contribution in [3.8, 4) is 0 Å². The average molecular weight is 292 g/mol. The number of nitrogens with one attached hydrogen (secondary N) is 1. The van der Waals surface area contributed by atoms with E-state index in [4.69, 9.17) is 10.8 Å². The van der Waals surface area contributed by atoms with Crippen molar-refractivity contribution in [1.82, 2.24) is 10.3 Å². The molecule has 1 amide bonds. The van der Waals surface area contributed by atoms with Gasteiger partial charge in [-0.25, -0.2) is 9.78 Å². The number of nitrogen functional groups attached to an aromatic ring is 1. The lowest BCUT2D eigenvalue weighted by molar-refractivity contribution is -0.119. The van der Waals surface area contributed by atoms with Gasteiger partial charge in [0.05, 0.1) is 11.3 Å². The molecule has 0 spiro atoms. The molecule has 0 aromatic carbocycles. The van der Waals surface area contributed by atoms with Crippen LogP contribution in [0.3, 0.4) is 0 Å². The lowest BCUT2D eigenvalue weighted by Crippen LogP contribution is -2.39. The zero-order valence-corrected chi connectivity index (χ0v) is 12.0.